The molecule has 0 radical (unpaired) electrons. The summed E-state index contributed by atoms with van der Waals surface area (Å²) in [6, 6.07) is 8.66. The molecule has 0 saturated heterocycles. The van der Waals surface area contributed by atoms with Crippen LogP contribution in [-0.2, 0) is 6.42 Å². The second-order valence-corrected chi connectivity index (χ2v) is 4.65. The number of hydrogen-bond donors (Lipinski definition) is 1. The van der Waals surface area contributed by atoms with E-state index >= 15 is 0 Å². The van der Waals surface area contributed by atoms with Crippen LogP contribution in [0.2, 0.25) is 0 Å². The minimum Gasteiger partial charge on any atom is -0.435 e. The molecule has 0 heterocycles. The lowest BCUT2D eigenvalue weighted by Crippen LogP contribution is -2.26. The molecule has 0 aromatic heterocycles. The largest absolute Gasteiger partial charge is 0.435 e. The Bertz CT molecular complexity index is 674. The van der Waals surface area contributed by atoms with Gasteiger partial charge in [-0.3, -0.25) is 4.79 Å². The standard InChI is InChI=1S/C16H13F4NO2/c17-11-3-6-13(14(18)9-11)15(22)21-8-7-10-1-4-12(5-2-10)23-16(19)20/h1-6,9,16H,7-8H2,(H,21,22). The summed E-state index contributed by atoms with van der Waals surface area (Å²) in [6.45, 7) is -2.67. The summed E-state index contributed by atoms with van der Waals surface area (Å²) in [4.78, 5) is 11.8. The van der Waals surface area contributed by atoms with E-state index in [0.717, 1.165) is 17.7 Å². The predicted octanol–water partition coefficient (Wildman–Crippen LogP) is 3.54. The fourth-order valence-corrected chi connectivity index (χ4v) is 1.93. The smallest absolute Gasteiger partial charge is 0.387 e. The van der Waals surface area contributed by atoms with E-state index in [9.17, 15) is 22.4 Å². The maximum atomic E-state index is 13.4. The fraction of sp³-hybridized carbons (Fsp3) is 0.188. The van der Waals surface area contributed by atoms with Crippen LogP contribution in [0.3, 0.4) is 0 Å². The lowest BCUT2D eigenvalue weighted by Gasteiger charge is -2.08. The van der Waals surface area contributed by atoms with E-state index in [1.54, 1.807) is 12.1 Å². The number of carbonyl (C=O) groups excluding carboxylic acids is 1. The SMILES string of the molecule is O=C(NCCc1ccc(OC(F)F)cc1)c1ccc(F)cc1F. The van der Waals surface area contributed by atoms with Gasteiger partial charge in [-0.05, 0) is 36.2 Å². The molecule has 23 heavy (non-hydrogen) atoms. The van der Waals surface area contributed by atoms with Gasteiger partial charge >= 0.3 is 6.61 Å². The third-order valence-corrected chi connectivity index (χ3v) is 3.02. The minimum absolute atomic E-state index is 0.0427. The number of benzene rings is 2. The molecule has 0 spiro atoms. The predicted molar refractivity (Wildman–Crippen MR) is 75.5 cm³/mol. The number of ether oxygens (including phenoxy) is 1. The van der Waals surface area contributed by atoms with Crippen molar-refractivity contribution in [2.24, 2.45) is 0 Å². The summed E-state index contributed by atoms with van der Waals surface area (Å²) in [5.41, 5.74) is 0.540. The summed E-state index contributed by atoms with van der Waals surface area (Å²) < 4.78 is 54.4. The van der Waals surface area contributed by atoms with Gasteiger partial charge in [0.2, 0.25) is 0 Å². The first-order chi connectivity index (χ1) is 11.0. The van der Waals surface area contributed by atoms with Crippen molar-refractivity contribution in [3.05, 3.63) is 65.2 Å². The van der Waals surface area contributed by atoms with Crippen LogP contribution in [0.5, 0.6) is 5.75 Å². The average molecular weight is 327 g/mol. The van der Waals surface area contributed by atoms with Gasteiger partial charge in [-0.2, -0.15) is 8.78 Å². The Kier molecular flexibility index (Phi) is 5.56. The van der Waals surface area contributed by atoms with Gasteiger partial charge in [0.15, 0.2) is 0 Å². The number of hydrogen-bond acceptors (Lipinski definition) is 2. The second kappa shape index (κ2) is 7.62. The van der Waals surface area contributed by atoms with Gasteiger partial charge in [-0.25, -0.2) is 8.78 Å². The van der Waals surface area contributed by atoms with Gasteiger partial charge in [0.1, 0.15) is 17.4 Å². The molecule has 1 amide bonds. The first-order valence-electron chi connectivity index (χ1n) is 6.72. The highest BCUT2D eigenvalue weighted by molar-refractivity contribution is 5.94. The summed E-state index contributed by atoms with van der Waals surface area (Å²) in [7, 11) is 0. The van der Waals surface area contributed by atoms with Crippen LogP contribution in [0.4, 0.5) is 17.6 Å². The molecule has 7 heteroatoms. The topological polar surface area (TPSA) is 38.3 Å². The third kappa shape index (κ3) is 4.98. The Morgan fingerprint density at radius 2 is 1.78 bits per heavy atom. The molecule has 0 aliphatic rings. The third-order valence-electron chi connectivity index (χ3n) is 3.02. The molecule has 0 atom stereocenters. The lowest BCUT2D eigenvalue weighted by atomic mass is 10.1. The maximum absolute atomic E-state index is 13.4. The summed E-state index contributed by atoms with van der Waals surface area (Å²) in [6.07, 6.45) is 0.420. The Morgan fingerprint density at radius 3 is 2.39 bits per heavy atom. The zero-order valence-corrected chi connectivity index (χ0v) is 11.9. The minimum atomic E-state index is -2.88. The van der Waals surface area contributed by atoms with E-state index < -0.39 is 24.2 Å². The van der Waals surface area contributed by atoms with Crippen molar-refractivity contribution in [2.75, 3.05) is 6.54 Å². The lowest BCUT2D eigenvalue weighted by molar-refractivity contribution is -0.0498. The highest BCUT2D eigenvalue weighted by Gasteiger charge is 2.11. The summed E-state index contributed by atoms with van der Waals surface area (Å²) in [5, 5.41) is 2.50. The number of halogens is 4. The highest BCUT2D eigenvalue weighted by Crippen LogP contribution is 2.15. The van der Waals surface area contributed by atoms with Crippen molar-refractivity contribution in [1.29, 1.82) is 0 Å². The molecular formula is C16H13F4NO2. The molecular weight excluding hydrogens is 314 g/mol. The van der Waals surface area contributed by atoms with Crippen LogP contribution in [0.25, 0.3) is 0 Å². The normalized spacial score (nSPS) is 10.7. The zero-order valence-electron chi connectivity index (χ0n) is 11.9. The Hall–Kier alpha value is -2.57. The molecule has 122 valence electrons. The zero-order chi connectivity index (χ0) is 16.8. The van der Waals surface area contributed by atoms with Crippen LogP contribution < -0.4 is 10.1 Å². The van der Waals surface area contributed by atoms with Crippen molar-refractivity contribution < 1.29 is 27.1 Å². The van der Waals surface area contributed by atoms with Gasteiger partial charge in [-0.15, -0.1) is 0 Å². The fourth-order valence-electron chi connectivity index (χ4n) is 1.93. The Balaban J connectivity index is 1.85. The Labute approximate surface area is 129 Å². The highest BCUT2D eigenvalue weighted by atomic mass is 19.3. The van der Waals surface area contributed by atoms with E-state index in [-0.39, 0.29) is 17.9 Å². The molecule has 1 N–H and O–H groups in total. The summed E-state index contributed by atoms with van der Waals surface area (Å²) in [5.74, 6) is -2.30. The second-order valence-electron chi connectivity index (χ2n) is 4.65. The molecule has 0 bridgehead atoms. The molecule has 0 fully saturated rings. The van der Waals surface area contributed by atoms with E-state index in [1.165, 1.54) is 12.1 Å². The quantitative estimate of drug-likeness (QED) is 0.824. The maximum Gasteiger partial charge on any atom is 0.387 e. The van der Waals surface area contributed by atoms with Gasteiger partial charge < -0.3 is 10.1 Å². The van der Waals surface area contributed by atoms with Crippen LogP contribution in [0.1, 0.15) is 15.9 Å². The van der Waals surface area contributed by atoms with E-state index in [1.807, 2.05) is 0 Å². The van der Waals surface area contributed by atoms with Gasteiger partial charge in [0.25, 0.3) is 5.91 Å². The molecule has 0 aliphatic carbocycles. The van der Waals surface area contributed by atoms with Crippen molar-refractivity contribution in [3.63, 3.8) is 0 Å². The van der Waals surface area contributed by atoms with Gasteiger partial charge in [0.05, 0.1) is 5.56 Å². The van der Waals surface area contributed by atoms with E-state index in [4.69, 9.17) is 0 Å². The number of amides is 1. The molecule has 2 aromatic rings. The van der Waals surface area contributed by atoms with Gasteiger partial charge in [0, 0.05) is 12.6 Å². The number of carbonyl (C=O) groups is 1. The monoisotopic (exact) mass is 327 g/mol. The van der Waals surface area contributed by atoms with Crippen LogP contribution in [0, 0.1) is 11.6 Å². The molecule has 2 aromatic carbocycles. The van der Waals surface area contributed by atoms with Crippen molar-refractivity contribution >= 4 is 5.91 Å². The number of nitrogens with one attached hydrogen (secondary N) is 1. The Morgan fingerprint density at radius 1 is 1.09 bits per heavy atom. The van der Waals surface area contributed by atoms with Crippen LogP contribution in [0.15, 0.2) is 42.5 Å². The van der Waals surface area contributed by atoms with Crippen LogP contribution >= 0.6 is 0 Å². The molecule has 0 saturated carbocycles. The molecule has 0 unspecified atom stereocenters. The average Bonchev–Trinajstić information content (AvgIpc) is 2.48. The molecule has 2 rings (SSSR count). The van der Waals surface area contributed by atoms with E-state index in [0.29, 0.717) is 12.5 Å². The van der Waals surface area contributed by atoms with Crippen molar-refractivity contribution in [2.45, 2.75) is 13.0 Å². The first-order valence-corrected chi connectivity index (χ1v) is 6.72. The van der Waals surface area contributed by atoms with Crippen molar-refractivity contribution in [1.82, 2.24) is 5.32 Å². The number of rotatable bonds is 6. The summed E-state index contributed by atoms with van der Waals surface area (Å²) >= 11 is 0. The van der Waals surface area contributed by atoms with Gasteiger partial charge in [-0.1, -0.05) is 12.1 Å². The first kappa shape index (κ1) is 16.8. The number of alkyl halides is 2. The molecule has 0 aliphatic heterocycles. The van der Waals surface area contributed by atoms with Crippen LogP contribution in [-0.4, -0.2) is 19.1 Å². The molecule has 3 nitrogen and oxygen atoms in total. The van der Waals surface area contributed by atoms with Crippen molar-refractivity contribution in [3.8, 4) is 5.75 Å². The van der Waals surface area contributed by atoms with E-state index in [2.05, 4.69) is 10.1 Å².